The number of nitrogens with zero attached hydrogens (tertiary/aromatic N) is 1. The Morgan fingerprint density at radius 3 is 0.725 bits per heavy atom. The van der Waals surface area contributed by atoms with E-state index in [0.717, 1.165) is 38.5 Å². The Morgan fingerprint density at radius 1 is 0.284 bits per heavy atom. The third kappa shape index (κ3) is 85.3. The number of aliphatic carboxylic acids is 1. The number of carboxylic acids is 1. The Kier molecular flexibility index (Phi) is 83.0. The lowest BCUT2D eigenvalue weighted by Gasteiger charge is -2.25. The molecule has 0 aromatic rings. The predicted octanol–water partition coefficient (Wildman–Crippen LogP) is 30.2. The SMILES string of the molecule is CCCCCCCCCC/C=C\CCCCCCCCCCCCCCCCCCCCCCCCCCCCCCCC(=O)OC(COC(=O)CCCCCCCCCCCCCCCCCCCCCCCCCCCCCCCCCCCCCC)COC(OCC[N+](C)(C)C)C(=O)O. The van der Waals surface area contributed by atoms with Crippen LogP contribution < -0.4 is 0 Å². The summed E-state index contributed by atoms with van der Waals surface area (Å²) in [6.07, 6.45) is 106. The van der Waals surface area contributed by atoms with Gasteiger partial charge in [-0.3, -0.25) is 9.59 Å². The normalized spacial score (nSPS) is 12.5. The molecule has 0 heterocycles. The molecule has 0 saturated heterocycles. The molecule has 1 N–H and O–H groups in total. The molecule has 0 rings (SSSR count). The Hall–Kier alpha value is -1.97. The highest BCUT2D eigenvalue weighted by Crippen LogP contribution is 2.22. The number of ether oxygens (including phenoxy) is 4. The van der Waals surface area contributed by atoms with Gasteiger partial charge in [-0.2, -0.15) is 0 Å². The van der Waals surface area contributed by atoms with Gasteiger partial charge in [-0.15, -0.1) is 0 Å². The van der Waals surface area contributed by atoms with Crippen molar-refractivity contribution in [3.8, 4) is 0 Å². The summed E-state index contributed by atoms with van der Waals surface area (Å²) in [6, 6.07) is 0. The van der Waals surface area contributed by atoms with E-state index in [1.165, 1.54) is 443 Å². The fourth-order valence-electron chi connectivity index (χ4n) is 14.7. The number of carbonyl (C=O) groups excluding carboxylic acids is 2. The predicted molar refractivity (Wildman–Crippen MR) is 443 cm³/mol. The third-order valence-electron chi connectivity index (χ3n) is 21.8. The molecular formula is C93H182NO8+. The van der Waals surface area contributed by atoms with Crippen LogP contribution in [-0.2, 0) is 33.3 Å². The van der Waals surface area contributed by atoms with Gasteiger partial charge < -0.3 is 28.5 Å². The number of esters is 2. The van der Waals surface area contributed by atoms with E-state index in [1.54, 1.807) is 0 Å². The second kappa shape index (κ2) is 84.7. The van der Waals surface area contributed by atoms with Crippen molar-refractivity contribution >= 4 is 17.9 Å². The quantitative estimate of drug-likeness (QED) is 0.0211. The summed E-state index contributed by atoms with van der Waals surface area (Å²) in [4.78, 5) is 37.8. The Labute approximate surface area is 637 Å². The minimum Gasteiger partial charge on any atom is -0.477 e. The van der Waals surface area contributed by atoms with Gasteiger partial charge in [-0.1, -0.05) is 469 Å². The zero-order valence-corrected chi connectivity index (χ0v) is 69.8. The second-order valence-electron chi connectivity index (χ2n) is 33.3. The zero-order valence-electron chi connectivity index (χ0n) is 69.8. The molecule has 0 aromatic carbocycles. The van der Waals surface area contributed by atoms with Gasteiger partial charge in [0.05, 0.1) is 34.4 Å². The minimum absolute atomic E-state index is 0.172. The van der Waals surface area contributed by atoms with Crippen molar-refractivity contribution in [2.45, 2.75) is 521 Å². The van der Waals surface area contributed by atoms with Crippen LogP contribution in [0, 0.1) is 0 Å². The molecule has 0 radical (unpaired) electrons. The van der Waals surface area contributed by atoms with Crippen molar-refractivity contribution in [2.24, 2.45) is 0 Å². The molecule has 2 unspecified atom stereocenters. The average molecular weight is 1440 g/mol. The first kappa shape index (κ1) is 100. The smallest absolute Gasteiger partial charge is 0.361 e. The van der Waals surface area contributed by atoms with E-state index in [0.29, 0.717) is 17.4 Å². The molecule has 0 aliphatic heterocycles. The molecule has 0 aliphatic rings. The van der Waals surface area contributed by atoms with E-state index in [2.05, 4.69) is 26.0 Å². The maximum atomic E-state index is 13.0. The Balaban J connectivity index is 3.86. The van der Waals surface area contributed by atoms with Crippen molar-refractivity contribution in [3.05, 3.63) is 12.2 Å². The molecule has 9 heteroatoms. The fraction of sp³-hybridized carbons (Fsp3) is 0.946. The van der Waals surface area contributed by atoms with Gasteiger partial charge in [-0.05, 0) is 38.5 Å². The molecule has 9 nitrogen and oxygen atoms in total. The van der Waals surface area contributed by atoms with Gasteiger partial charge in [0.25, 0.3) is 6.29 Å². The molecule has 2 atom stereocenters. The van der Waals surface area contributed by atoms with Crippen molar-refractivity contribution in [2.75, 3.05) is 47.5 Å². The van der Waals surface area contributed by atoms with E-state index >= 15 is 0 Å². The topological polar surface area (TPSA) is 108 Å². The number of likely N-dealkylation sites (N-methyl/N-ethyl adjacent to an activating group) is 1. The molecule has 0 fully saturated rings. The number of carbonyl (C=O) groups is 3. The lowest BCUT2D eigenvalue weighted by atomic mass is 10.0. The average Bonchev–Trinajstić information content (AvgIpc) is 0.999. The van der Waals surface area contributed by atoms with Gasteiger partial charge in [0.1, 0.15) is 13.2 Å². The first-order chi connectivity index (χ1) is 50.1. The van der Waals surface area contributed by atoms with Crippen molar-refractivity contribution in [3.63, 3.8) is 0 Å². The van der Waals surface area contributed by atoms with Crippen LogP contribution in [0.3, 0.4) is 0 Å². The van der Waals surface area contributed by atoms with Gasteiger partial charge >= 0.3 is 17.9 Å². The summed E-state index contributed by atoms with van der Waals surface area (Å²) in [7, 11) is 6.01. The highest BCUT2D eigenvalue weighted by Gasteiger charge is 2.25. The second-order valence-corrected chi connectivity index (χ2v) is 33.3. The molecule has 0 aliphatic carbocycles. The van der Waals surface area contributed by atoms with Crippen LogP contribution in [0.15, 0.2) is 12.2 Å². The van der Waals surface area contributed by atoms with Crippen LogP contribution in [0.1, 0.15) is 508 Å². The van der Waals surface area contributed by atoms with Crippen molar-refractivity contribution < 1.29 is 42.9 Å². The number of hydrogen-bond donors (Lipinski definition) is 1. The molecule has 0 amide bonds. The van der Waals surface area contributed by atoms with E-state index < -0.39 is 18.4 Å². The standard InChI is InChI=1S/C93H181NO8/c1-6-8-10-12-14-16-18-20-22-24-26-28-30-32-34-36-38-40-42-44-45-46-47-48-50-52-54-56-58-60-62-64-66-68-70-72-74-76-78-80-82-84-91(96)102-89(88-101-93(92(97)98)99-86-85-94(3,4)5)87-100-90(95)83-81-79-77-75-73-71-69-67-65-63-61-59-57-55-53-51-49-43-41-39-37-35-33-31-29-27-25-23-21-19-17-15-13-11-9-7-2/h24,26,89,93H,6-23,25,27-88H2,1-5H3/p+1/b26-24-. The summed E-state index contributed by atoms with van der Waals surface area (Å²) in [5, 5.41) is 9.80. The summed E-state index contributed by atoms with van der Waals surface area (Å²) in [5.41, 5.74) is 0. The van der Waals surface area contributed by atoms with Crippen LogP contribution >= 0.6 is 0 Å². The first-order valence-corrected chi connectivity index (χ1v) is 46.4. The maximum Gasteiger partial charge on any atom is 0.361 e. The zero-order chi connectivity index (χ0) is 73.9. The lowest BCUT2D eigenvalue weighted by Crippen LogP contribution is -2.40. The number of carboxylic acid groups (broad SMARTS) is 1. The Bertz CT molecular complexity index is 1680. The third-order valence-corrected chi connectivity index (χ3v) is 21.8. The molecular weight excluding hydrogens is 1260 g/mol. The summed E-state index contributed by atoms with van der Waals surface area (Å²) in [5.74, 6) is -1.96. The highest BCUT2D eigenvalue weighted by atomic mass is 16.7. The van der Waals surface area contributed by atoms with Crippen LogP contribution in [0.25, 0.3) is 0 Å². The largest absolute Gasteiger partial charge is 0.477 e. The maximum absolute atomic E-state index is 13.0. The van der Waals surface area contributed by atoms with Crippen molar-refractivity contribution in [1.82, 2.24) is 0 Å². The summed E-state index contributed by atoms with van der Waals surface area (Å²) < 4.78 is 23.1. The van der Waals surface area contributed by atoms with Gasteiger partial charge in [0, 0.05) is 12.8 Å². The molecule has 102 heavy (non-hydrogen) atoms. The lowest BCUT2D eigenvalue weighted by molar-refractivity contribution is -0.870. The molecule has 0 bridgehead atoms. The number of quaternary nitrogens is 1. The van der Waals surface area contributed by atoms with E-state index in [-0.39, 0.29) is 38.2 Å². The molecule has 0 saturated carbocycles. The van der Waals surface area contributed by atoms with Crippen LogP contribution in [0.2, 0.25) is 0 Å². The van der Waals surface area contributed by atoms with Crippen LogP contribution in [0.5, 0.6) is 0 Å². The monoisotopic (exact) mass is 1440 g/mol. The summed E-state index contributed by atoms with van der Waals surface area (Å²) in [6.45, 7) is 4.99. The van der Waals surface area contributed by atoms with Gasteiger partial charge in [0.2, 0.25) is 0 Å². The van der Waals surface area contributed by atoms with Crippen LogP contribution in [0.4, 0.5) is 0 Å². The number of rotatable bonds is 89. The number of allylic oxidation sites excluding steroid dienone is 2. The fourth-order valence-corrected chi connectivity index (χ4v) is 14.7. The molecule has 0 aromatic heterocycles. The Morgan fingerprint density at radius 2 is 0.500 bits per heavy atom. The molecule has 0 spiro atoms. The number of unbranched alkanes of at least 4 members (excludes halogenated alkanes) is 72. The van der Waals surface area contributed by atoms with Crippen LogP contribution in [-0.4, -0.2) is 87.4 Å². The highest BCUT2D eigenvalue weighted by molar-refractivity contribution is 5.71. The van der Waals surface area contributed by atoms with E-state index in [9.17, 15) is 19.5 Å². The minimum atomic E-state index is -1.51. The van der Waals surface area contributed by atoms with Crippen molar-refractivity contribution in [1.29, 1.82) is 0 Å². The molecule has 606 valence electrons. The van der Waals surface area contributed by atoms with Gasteiger partial charge in [0.15, 0.2) is 6.10 Å². The summed E-state index contributed by atoms with van der Waals surface area (Å²) >= 11 is 0. The van der Waals surface area contributed by atoms with Gasteiger partial charge in [-0.25, -0.2) is 4.79 Å². The van der Waals surface area contributed by atoms with E-state index in [1.807, 2.05) is 21.1 Å². The van der Waals surface area contributed by atoms with E-state index in [4.69, 9.17) is 18.9 Å². The number of hydrogen-bond acceptors (Lipinski definition) is 7. The first-order valence-electron chi connectivity index (χ1n) is 46.4.